The molecule has 17 heavy (non-hydrogen) atoms. The summed E-state index contributed by atoms with van der Waals surface area (Å²) >= 11 is 0. The molecule has 1 N–H and O–H groups in total. The van der Waals surface area contributed by atoms with Crippen molar-refractivity contribution in [2.24, 2.45) is 0 Å². The number of hydrogen-bond donors (Lipinski definition) is 1. The van der Waals surface area contributed by atoms with Gasteiger partial charge < -0.3 is 10.2 Å². The Morgan fingerprint density at radius 2 is 2.00 bits per heavy atom. The molecule has 1 unspecified atom stereocenters. The van der Waals surface area contributed by atoms with E-state index in [4.69, 9.17) is 0 Å². The Labute approximate surface area is 105 Å². The number of nitrogens with zero attached hydrogens (tertiary/aromatic N) is 1. The minimum absolute atomic E-state index is 0.242. The van der Waals surface area contributed by atoms with Gasteiger partial charge in [0, 0.05) is 23.8 Å². The SMILES string of the molecule is CNC1CN(c2cccc(C)c2C)C(C)(C)C1. The van der Waals surface area contributed by atoms with Crippen LogP contribution in [0, 0.1) is 13.8 Å². The lowest BCUT2D eigenvalue weighted by molar-refractivity contribution is 0.487. The van der Waals surface area contributed by atoms with Crippen LogP contribution in [0.3, 0.4) is 0 Å². The largest absolute Gasteiger partial charge is 0.365 e. The van der Waals surface area contributed by atoms with Gasteiger partial charge in [0.15, 0.2) is 0 Å². The second-order valence-corrected chi connectivity index (χ2v) is 5.83. The second kappa shape index (κ2) is 4.34. The molecule has 0 saturated carbocycles. The fourth-order valence-corrected chi connectivity index (χ4v) is 2.89. The summed E-state index contributed by atoms with van der Waals surface area (Å²) in [7, 11) is 2.06. The van der Waals surface area contributed by atoms with Crippen LogP contribution in [0.1, 0.15) is 31.4 Å². The molecule has 0 aromatic heterocycles. The van der Waals surface area contributed by atoms with E-state index in [0.29, 0.717) is 6.04 Å². The normalized spacial score (nSPS) is 23.1. The van der Waals surface area contributed by atoms with Gasteiger partial charge in [-0.1, -0.05) is 12.1 Å². The average Bonchev–Trinajstić information content (AvgIpc) is 2.58. The number of nitrogens with one attached hydrogen (secondary N) is 1. The third-order valence-corrected chi connectivity index (χ3v) is 4.15. The molecule has 1 aromatic carbocycles. The molecule has 0 spiro atoms. The Morgan fingerprint density at radius 3 is 2.59 bits per heavy atom. The minimum Gasteiger partial charge on any atom is -0.365 e. The average molecular weight is 232 g/mol. The highest BCUT2D eigenvalue weighted by Gasteiger charge is 2.38. The molecule has 0 radical (unpaired) electrons. The van der Waals surface area contributed by atoms with Crippen LogP contribution < -0.4 is 10.2 Å². The molecule has 1 fully saturated rings. The predicted octanol–water partition coefficient (Wildman–Crippen LogP) is 2.88. The highest BCUT2D eigenvalue weighted by atomic mass is 15.2. The Hall–Kier alpha value is -1.02. The van der Waals surface area contributed by atoms with E-state index in [9.17, 15) is 0 Å². The fourth-order valence-electron chi connectivity index (χ4n) is 2.89. The maximum Gasteiger partial charge on any atom is 0.0403 e. The molecule has 2 heteroatoms. The van der Waals surface area contributed by atoms with Crippen molar-refractivity contribution in [3.63, 3.8) is 0 Å². The molecule has 2 rings (SSSR count). The van der Waals surface area contributed by atoms with Gasteiger partial charge in [-0.25, -0.2) is 0 Å². The van der Waals surface area contributed by atoms with E-state index in [2.05, 4.69) is 63.2 Å². The summed E-state index contributed by atoms with van der Waals surface area (Å²) in [6, 6.07) is 7.21. The second-order valence-electron chi connectivity index (χ2n) is 5.83. The summed E-state index contributed by atoms with van der Waals surface area (Å²) in [4.78, 5) is 2.55. The van der Waals surface area contributed by atoms with E-state index in [1.165, 1.54) is 23.2 Å². The first kappa shape index (κ1) is 12.4. The molecular weight excluding hydrogens is 208 g/mol. The summed E-state index contributed by atoms with van der Waals surface area (Å²) in [5.74, 6) is 0. The van der Waals surface area contributed by atoms with Crippen molar-refractivity contribution in [2.45, 2.75) is 45.7 Å². The molecule has 1 aliphatic rings. The number of anilines is 1. The van der Waals surface area contributed by atoms with Crippen molar-refractivity contribution in [3.8, 4) is 0 Å². The van der Waals surface area contributed by atoms with Gasteiger partial charge >= 0.3 is 0 Å². The third kappa shape index (κ3) is 2.19. The Morgan fingerprint density at radius 1 is 1.29 bits per heavy atom. The van der Waals surface area contributed by atoms with Gasteiger partial charge in [0.05, 0.1) is 0 Å². The summed E-state index contributed by atoms with van der Waals surface area (Å²) in [6.45, 7) is 10.2. The molecule has 1 aromatic rings. The van der Waals surface area contributed by atoms with E-state index < -0.39 is 0 Å². The zero-order chi connectivity index (χ0) is 12.6. The van der Waals surface area contributed by atoms with Crippen LogP contribution >= 0.6 is 0 Å². The highest BCUT2D eigenvalue weighted by Crippen LogP contribution is 2.36. The van der Waals surface area contributed by atoms with Gasteiger partial charge in [-0.05, 0) is 58.4 Å². The number of aryl methyl sites for hydroxylation is 1. The standard InChI is InChI=1S/C15H24N2/c1-11-7-6-8-14(12(11)2)17-10-13(16-5)9-15(17,3)4/h6-8,13,16H,9-10H2,1-5H3. The van der Waals surface area contributed by atoms with Gasteiger partial charge in [0.25, 0.3) is 0 Å². The van der Waals surface area contributed by atoms with Crippen LogP contribution in [0.25, 0.3) is 0 Å². The zero-order valence-electron chi connectivity index (χ0n) is 11.7. The zero-order valence-corrected chi connectivity index (χ0v) is 11.7. The van der Waals surface area contributed by atoms with Crippen molar-refractivity contribution in [2.75, 3.05) is 18.5 Å². The van der Waals surface area contributed by atoms with Crippen LogP contribution in [0.2, 0.25) is 0 Å². The van der Waals surface area contributed by atoms with Crippen LogP contribution in [0.4, 0.5) is 5.69 Å². The number of benzene rings is 1. The first-order valence-electron chi connectivity index (χ1n) is 6.47. The first-order valence-corrected chi connectivity index (χ1v) is 6.47. The highest BCUT2D eigenvalue weighted by molar-refractivity contribution is 5.58. The van der Waals surface area contributed by atoms with Crippen molar-refractivity contribution >= 4 is 5.69 Å². The Kier molecular flexibility index (Phi) is 3.17. The lowest BCUT2D eigenvalue weighted by Crippen LogP contribution is -2.38. The van der Waals surface area contributed by atoms with Crippen LogP contribution in [-0.2, 0) is 0 Å². The Bertz CT molecular complexity index is 409. The molecule has 0 bridgehead atoms. The van der Waals surface area contributed by atoms with E-state index >= 15 is 0 Å². The summed E-state index contributed by atoms with van der Waals surface area (Å²) in [6.07, 6.45) is 1.21. The van der Waals surface area contributed by atoms with E-state index in [1.54, 1.807) is 0 Å². The van der Waals surface area contributed by atoms with Gasteiger partial charge in [0.2, 0.25) is 0 Å². The lowest BCUT2D eigenvalue weighted by Gasteiger charge is -2.35. The van der Waals surface area contributed by atoms with Crippen LogP contribution in [0.5, 0.6) is 0 Å². The van der Waals surface area contributed by atoms with Crippen LogP contribution in [-0.4, -0.2) is 25.2 Å². The maximum atomic E-state index is 3.41. The number of likely N-dealkylation sites (N-methyl/N-ethyl adjacent to an activating group) is 1. The van der Waals surface area contributed by atoms with Crippen molar-refractivity contribution < 1.29 is 0 Å². The van der Waals surface area contributed by atoms with Gasteiger partial charge in [-0.2, -0.15) is 0 Å². The summed E-state index contributed by atoms with van der Waals surface area (Å²) in [5, 5.41) is 3.41. The van der Waals surface area contributed by atoms with E-state index in [0.717, 1.165) is 6.54 Å². The minimum atomic E-state index is 0.242. The molecular formula is C15H24N2. The topological polar surface area (TPSA) is 15.3 Å². The molecule has 0 amide bonds. The molecule has 1 heterocycles. The van der Waals surface area contributed by atoms with E-state index in [-0.39, 0.29) is 5.54 Å². The first-order chi connectivity index (χ1) is 7.95. The molecule has 1 atom stereocenters. The van der Waals surface area contributed by atoms with Gasteiger partial charge in [0.1, 0.15) is 0 Å². The smallest absolute Gasteiger partial charge is 0.0403 e. The molecule has 2 nitrogen and oxygen atoms in total. The maximum absolute atomic E-state index is 3.41. The lowest BCUT2D eigenvalue weighted by atomic mass is 9.98. The predicted molar refractivity (Wildman–Crippen MR) is 74.8 cm³/mol. The molecule has 1 aliphatic heterocycles. The molecule has 1 saturated heterocycles. The van der Waals surface area contributed by atoms with Crippen molar-refractivity contribution in [1.29, 1.82) is 0 Å². The molecule has 94 valence electrons. The fraction of sp³-hybridized carbons (Fsp3) is 0.600. The quantitative estimate of drug-likeness (QED) is 0.843. The Balaban J connectivity index is 2.37. The van der Waals surface area contributed by atoms with Crippen LogP contribution in [0.15, 0.2) is 18.2 Å². The van der Waals surface area contributed by atoms with E-state index in [1.807, 2.05) is 0 Å². The van der Waals surface area contributed by atoms with Crippen molar-refractivity contribution in [1.82, 2.24) is 5.32 Å². The van der Waals surface area contributed by atoms with Gasteiger partial charge in [-0.3, -0.25) is 0 Å². The number of hydrogen-bond acceptors (Lipinski definition) is 2. The third-order valence-electron chi connectivity index (χ3n) is 4.15. The monoisotopic (exact) mass is 232 g/mol. The number of rotatable bonds is 2. The van der Waals surface area contributed by atoms with Crippen molar-refractivity contribution in [3.05, 3.63) is 29.3 Å². The summed E-state index contributed by atoms with van der Waals surface area (Å²) < 4.78 is 0. The molecule has 0 aliphatic carbocycles. The van der Waals surface area contributed by atoms with Gasteiger partial charge in [-0.15, -0.1) is 0 Å². The summed E-state index contributed by atoms with van der Waals surface area (Å²) in [5.41, 5.74) is 4.43.